The number of hydrogen-bond acceptors (Lipinski definition) is 5. The molecule has 0 spiro atoms. The van der Waals surface area contributed by atoms with Gasteiger partial charge in [-0.15, -0.1) is 0 Å². The SMILES string of the molecule is CCCNC(=O)C(Cc1ccc(OCc2ccccc2)cn1)N(C(=O)[O-])C(C)(C)C. The second-order valence-corrected chi connectivity index (χ2v) is 8.08. The van der Waals surface area contributed by atoms with Crippen LogP contribution in [0.1, 0.15) is 45.4 Å². The Balaban J connectivity index is 2.14. The smallest absolute Gasteiger partial charge is 0.243 e. The lowest BCUT2D eigenvalue weighted by Gasteiger charge is -2.42. The topological polar surface area (TPSA) is 94.6 Å². The molecule has 0 aliphatic carbocycles. The molecule has 0 fully saturated rings. The van der Waals surface area contributed by atoms with Crippen LogP contribution in [0.5, 0.6) is 5.75 Å². The second-order valence-electron chi connectivity index (χ2n) is 8.08. The summed E-state index contributed by atoms with van der Waals surface area (Å²) in [6.45, 7) is 8.03. The number of aromatic nitrogens is 1. The average molecular weight is 413 g/mol. The van der Waals surface area contributed by atoms with Crippen molar-refractivity contribution >= 4 is 12.0 Å². The molecular weight excluding hydrogens is 382 g/mol. The number of carbonyl (C=O) groups excluding carboxylic acids is 2. The van der Waals surface area contributed by atoms with Gasteiger partial charge in [-0.05, 0) is 44.9 Å². The largest absolute Gasteiger partial charge is 0.530 e. The lowest BCUT2D eigenvalue weighted by atomic mass is 9.99. The van der Waals surface area contributed by atoms with Gasteiger partial charge in [0.05, 0.1) is 6.20 Å². The highest BCUT2D eigenvalue weighted by Gasteiger charge is 2.34. The van der Waals surface area contributed by atoms with E-state index in [0.717, 1.165) is 16.9 Å². The van der Waals surface area contributed by atoms with E-state index in [2.05, 4.69) is 10.3 Å². The van der Waals surface area contributed by atoms with Crippen molar-refractivity contribution in [3.8, 4) is 5.75 Å². The molecule has 7 nitrogen and oxygen atoms in total. The molecule has 0 saturated heterocycles. The van der Waals surface area contributed by atoms with Gasteiger partial charge in [-0.3, -0.25) is 9.78 Å². The average Bonchev–Trinajstić information content (AvgIpc) is 2.70. The summed E-state index contributed by atoms with van der Waals surface area (Å²) in [5, 5.41) is 14.6. The van der Waals surface area contributed by atoms with Gasteiger partial charge in [-0.25, -0.2) is 0 Å². The Kier molecular flexibility index (Phi) is 8.21. The molecule has 0 saturated carbocycles. The summed E-state index contributed by atoms with van der Waals surface area (Å²) in [4.78, 5) is 30.0. The molecule has 162 valence electrons. The molecule has 1 atom stereocenters. The number of ether oxygens (including phenoxy) is 1. The summed E-state index contributed by atoms with van der Waals surface area (Å²) in [6, 6.07) is 12.4. The molecule has 0 aliphatic heterocycles. The van der Waals surface area contributed by atoms with Gasteiger partial charge < -0.3 is 24.9 Å². The Morgan fingerprint density at radius 1 is 1.17 bits per heavy atom. The minimum atomic E-state index is -1.39. The predicted molar refractivity (Wildman–Crippen MR) is 113 cm³/mol. The molecule has 1 aromatic heterocycles. The lowest BCUT2D eigenvalue weighted by Crippen LogP contribution is -2.61. The van der Waals surface area contributed by atoms with E-state index in [4.69, 9.17) is 4.74 Å². The minimum Gasteiger partial charge on any atom is -0.530 e. The number of rotatable bonds is 9. The van der Waals surface area contributed by atoms with E-state index < -0.39 is 17.7 Å². The van der Waals surface area contributed by atoms with E-state index in [1.54, 1.807) is 39.1 Å². The Morgan fingerprint density at radius 2 is 1.87 bits per heavy atom. The summed E-state index contributed by atoms with van der Waals surface area (Å²) < 4.78 is 5.74. The van der Waals surface area contributed by atoms with Crippen LogP contribution < -0.4 is 15.2 Å². The summed E-state index contributed by atoms with van der Waals surface area (Å²) >= 11 is 0. The molecule has 1 unspecified atom stereocenters. The highest BCUT2D eigenvalue weighted by molar-refractivity contribution is 5.85. The Morgan fingerprint density at radius 3 is 2.40 bits per heavy atom. The maximum atomic E-state index is 12.7. The van der Waals surface area contributed by atoms with E-state index in [1.165, 1.54) is 0 Å². The highest BCUT2D eigenvalue weighted by Crippen LogP contribution is 2.20. The number of hydrogen-bond donors (Lipinski definition) is 1. The maximum absolute atomic E-state index is 12.7. The van der Waals surface area contributed by atoms with E-state index in [9.17, 15) is 14.7 Å². The first-order chi connectivity index (χ1) is 14.2. The molecule has 0 aliphatic rings. The fourth-order valence-electron chi connectivity index (χ4n) is 3.09. The number of carbonyl (C=O) groups is 2. The van der Waals surface area contributed by atoms with Gasteiger partial charge in [0.2, 0.25) is 5.91 Å². The van der Waals surface area contributed by atoms with E-state index >= 15 is 0 Å². The first-order valence-electron chi connectivity index (χ1n) is 10.1. The molecule has 2 aromatic rings. The van der Waals surface area contributed by atoms with Gasteiger partial charge in [-0.2, -0.15) is 0 Å². The molecule has 1 aromatic carbocycles. The van der Waals surface area contributed by atoms with Crippen LogP contribution in [0.4, 0.5) is 4.79 Å². The van der Waals surface area contributed by atoms with Crippen molar-refractivity contribution in [3.05, 3.63) is 59.9 Å². The number of benzene rings is 1. The van der Waals surface area contributed by atoms with Crippen molar-refractivity contribution in [1.29, 1.82) is 0 Å². The fourth-order valence-corrected chi connectivity index (χ4v) is 3.09. The molecule has 2 rings (SSSR count). The predicted octanol–water partition coefficient (Wildman–Crippen LogP) is 2.54. The Bertz CT molecular complexity index is 817. The standard InChI is InChI=1S/C23H31N3O4/c1-5-13-24-21(27)20(26(22(28)29)23(2,3)4)14-18-11-12-19(15-25-18)30-16-17-9-7-6-8-10-17/h6-12,15,20H,5,13-14,16H2,1-4H3,(H,24,27)(H,28,29)/p-1. The van der Waals surface area contributed by atoms with Gasteiger partial charge in [0.1, 0.15) is 24.5 Å². The monoisotopic (exact) mass is 412 g/mol. The van der Waals surface area contributed by atoms with Crippen LogP contribution in [0.25, 0.3) is 0 Å². The Hall–Kier alpha value is -3.09. The molecule has 30 heavy (non-hydrogen) atoms. The van der Waals surface area contributed by atoms with Crippen LogP contribution >= 0.6 is 0 Å². The second kappa shape index (κ2) is 10.6. The molecule has 0 bridgehead atoms. The molecule has 7 heteroatoms. The van der Waals surface area contributed by atoms with E-state index in [0.29, 0.717) is 24.6 Å². The van der Waals surface area contributed by atoms with E-state index in [-0.39, 0.29) is 12.3 Å². The summed E-state index contributed by atoms with van der Waals surface area (Å²) in [5.41, 5.74) is 0.837. The van der Waals surface area contributed by atoms with Crippen LogP contribution in [0.15, 0.2) is 48.7 Å². The number of pyridine rings is 1. The van der Waals surface area contributed by atoms with Gasteiger partial charge in [0.25, 0.3) is 0 Å². The van der Waals surface area contributed by atoms with Crippen molar-refractivity contribution in [1.82, 2.24) is 15.2 Å². The van der Waals surface area contributed by atoms with Crippen molar-refractivity contribution in [2.75, 3.05) is 6.54 Å². The van der Waals surface area contributed by atoms with E-state index in [1.807, 2.05) is 37.3 Å². The summed E-state index contributed by atoms with van der Waals surface area (Å²) in [6.07, 6.45) is 1.09. The molecule has 1 N–H and O–H groups in total. The number of nitrogens with zero attached hydrogens (tertiary/aromatic N) is 2. The van der Waals surface area contributed by atoms with Crippen LogP contribution in [-0.4, -0.2) is 40.0 Å². The lowest BCUT2D eigenvalue weighted by molar-refractivity contribution is -0.273. The number of amides is 2. The highest BCUT2D eigenvalue weighted by atomic mass is 16.5. The minimum absolute atomic E-state index is 0.139. The first kappa shape index (κ1) is 23.2. The third-order valence-corrected chi connectivity index (χ3v) is 4.53. The van der Waals surface area contributed by atoms with Gasteiger partial charge in [0, 0.05) is 24.2 Å². The van der Waals surface area contributed by atoms with Crippen molar-refractivity contribution in [3.63, 3.8) is 0 Å². The normalized spacial score (nSPS) is 12.1. The van der Waals surface area contributed by atoms with Crippen molar-refractivity contribution < 1.29 is 19.4 Å². The van der Waals surface area contributed by atoms with Crippen LogP contribution in [-0.2, 0) is 17.8 Å². The zero-order valence-corrected chi connectivity index (χ0v) is 18.1. The van der Waals surface area contributed by atoms with Crippen LogP contribution in [0.2, 0.25) is 0 Å². The fraction of sp³-hybridized carbons (Fsp3) is 0.435. The van der Waals surface area contributed by atoms with Crippen molar-refractivity contribution in [2.24, 2.45) is 0 Å². The summed E-state index contributed by atoms with van der Waals surface area (Å²) in [5.74, 6) is 0.240. The number of nitrogens with one attached hydrogen (secondary N) is 1. The Labute approximate surface area is 178 Å². The van der Waals surface area contributed by atoms with Crippen molar-refractivity contribution in [2.45, 2.75) is 58.7 Å². The number of carboxylic acid groups (broad SMARTS) is 1. The molecular formula is C23H30N3O4-. The molecule has 2 amide bonds. The maximum Gasteiger partial charge on any atom is 0.243 e. The quantitative estimate of drug-likeness (QED) is 0.683. The zero-order valence-electron chi connectivity index (χ0n) is 18.1. The third-order valence-electron chi connectivity index (χ3n) is 4.53. The van der Waals surface area contributed by atoms with Gasteiger partial charge in [-0.1, -0.05) is 37.3 Å². The third kappa shape index (κ3) is 6.76. The van der Waals surface area contributed by atoms with Crippen LogP contribution in [0, 0.1) is 0 Å². The summed E-state index contributed by atoms with van der Waals surface area (Å²) in [7, 11) is 0. The van der Waals surface area contributed by atoms with Gasteiger partial charge >= 0.3 is 0 Å². The zero-order chi connectivity index (χ0) is 22.1. The first-order valence-corrected chi connectivity index (χ1v) is 10.1. The molecule has 0 radical (unpaired) electrons. The van der Waals surface area contributed by atoms with Gasteiger partial charge in [0.15, 0.2) is 0 Å². The molecule has 1 heterocycles. The van der Waals surface area contributed by atoms with Crippen LogP contribution in [0.3, 0.4) is 0 Å².